The Hall–Kier alpha value is -9.96. The molecule has 0 aliphatic heterocycles. The highest BCUT2D eigenvalue weighted by Crippen LogP contribution is 2.56. The van der Waals surface area contributed by atoms with E-state index in [0.717, 1.165) is 106 Å². The van der Waals surface area contributed by atoms with E-state index in [-0.39, 0.29) is 46.7 Å². The van der Waals surface area contributed by atoms with Gasteiger partial charge in [-0.25, -0.2) is 0 Å². The number of fused-ring (bicyclic) bond motifs is 9. The van der Waals surface area contributed by atoms with Crippen molar-refractivity contribution < 1.29 is 9.60 Å². The summed E-state index contributed by atoms with van der Waals surface area (Å²) in [6, 6.07) is 89.9. The van der Waals surface area contributed by atoms with Crippen molar-refractivity contribution in [3.63, 3.8) is 0 Å². The van der Waals surface area contributed by atoms with Gasteiger partial charge in [-0.15, -0.1) is 0 Å². The van der Waals surface area contributed by atoms with Crippen LogP contribution in [0.3, 0.4) is 0 Å². The number of hydrogen-bond donors (Lipinski definition) is 0. The van der Waals surface area contributed by atoms with Crippen LogP contribution in [0.4, 0.5) is 34.1 Å². The van der Waals surface area contributed by atoms with Gasteiger partial charge in [-0.1, -0.05) is 283 Å². The summed E-state index contributed by atoms with van der Waals surface area (Å²) >= 11 is 0. The van der Waals surface area contributed by atoms with Crippen LogP contribution in [0.2, 0.25) is 0 Å². The molecule has 15 rings (SSSR count). The van der Waals surface area contributed by atoms with E-state index < -0.39 is 18.6 Å². The Bertz CT molecular complexity index is 5510. The van der Waals surface area contributed by atoms with Crippen LogP contribution in [0.25, 0.3) is 66.8 Å². The van der Waals surface area contributed by atoms with Crippen molar-refractivity contribution in [2.45, 2.75) is 204 Å². The first-order valence-corrected chi connectivity index (χ1v) is 38.3. The number of anilines is 6. The van der Waals surface area contributed by atoms with Gasteiger partial charge in [0.05, 0.1) is 0 Å². The average molecular weight is 1400 g/mol. The normalized spacial score (nSPS) is 15.7. The molecule has 0 radical (unpaired) electrons. The highest BCUT2D eigenvalue weighted by molar-refractivity contribution is 5.90. The molecule has 0 saturated heterocycles. The van der Waals surface area contributed by atoms with Crippen molar-refractivity contribution in [3.8, 4) is 66.8 Å². The molecule has 540 valence electrons. The first-order chi connectivity index (χ1) is 53.1. The van der Waals surface area contributed by atoms with Crippen LogP contribution in [-0.4, -0.2) is 17.6 Å². The molecule has 0 N–H and O–H groups in total. The zero-order valence-corrected chi connectivity index (χ0v) is 66.4. The Morgan fingerprint density at radius 3 is 1.11 bits per heavy atom. The van der Waals surface area contributed by atoms with Crippen molar-refractivity contribution in [2.24, 2.45) is 0 Å². The number of hydrogen-bond acceptors (Lipinski definition) is 3. The van der Waals surface area contributed by atoms with Gasteiger partial charge in [-0.2, -0.15) is 0 Å². The third kappa shape index (κ3) is 13.7. The van der Waals surface area contributed by atoms with Gasteiger partial charge in [0.2, 0.25) is 0 Å². The summed E-state index contributed by atoms with van der Waals surface area (Å²) in [5.41, 5.74) is 32.4. The second kappa shape index (κ2) is 29.4. The van der Waals surface area contributed by atoms with E-state index in [1.54, 1.807) is 0 Å². The van der Waals surface area contributed by atoms with Crippen molar-refractivity contribution in [1.29, 1.82) is 0 Å². The lowest BCUT2D eigenvalue weighted by Crippen LogP contribution is -2.39. The van der Waals surface area contributed by atoms with Gasteiger partial charge in [0.1, 0.15) is 0 Å². The zero-order chi connectivity index (χ0) is 81.6. The summed E-state index contributed by atoms with van der Waals surface area (Å²) in [4.78, 5) is 6.98. The van der Waals surface area contributed by atoms with E-state index in [2.05, 4.69) is 324 Å². The Balaban J connectivity index is 0.000000148. The smallest absolute Gasteiger partial charge is 0.0457 e. The largest absolute Gasteiger partial charge is 0.338 e. The third-order valence-corrected chi connectivity index (χ3v) is 22.6. The molecule has 3 aliphatic rings. The molecule has 3 heteroatoms. The average Bonchev–Trinajstić information content (AvgIpc) is 1.83. The van der Waals surface area contributed by atoms with E-state index in [1.807, 2.05) is 84.0 Å². The summed E-state index contributed by atoms with van der Waals surface area (Å²) in [5.74, 6) is -1.64. The Kier molecular flexibility index (Phi) is 18.2. The molecule has 3 nitrogen and oxygen atoms in total. The van der Waals surface area contributed by atoms with E-state index in [1.165, 1.54) is 55.6 Å². The van der Waals surface area contributed by atoms with Crippen molar-refractivity contribution in [2.75, 3.05) is 14.7 Å². The van der Waals surface area contributed by atoms with Crippen LogP contribution in [0, 0.1) is 13.8 Å². The summed E-state index contributed by atoms with van der Waals surface area (Å²) in [7, 11) is 0. The highest BCUT2D eigenvalue weighted by atomic mass is 15.2. The van der Waals surface area contributed by atoms with Crippen LogP contribution in [0.5, 0.6) is 0 Å². The molecule has 2 unspecified atom stereocenters. The fourth-order valence-corrected chi connectivity index (χ4v) is 17.1. The molecule has 3 aliphatic carbocycles. The number of benzene rings is 12. The fraction of sp³-hybridized carbons (Fsp3) is 0.301. The number of nitrogens with zero attached hydrogens (tertiary/aromatic N) is 3. The lowest BCUT2D eigenvalue weighted by molar-refractivity contribution is 0.554. The fourth-order valence-electron chi connectivity index (χ4n) is 17.1. The second-order valence-corrected chi connectivity index (χ2v) is 32.9. The molecular weight excluding hydrogens is 1280 g/mol. The second-order valence-electron chi connectivity index (χ2n) is 32.9. The summed E-state index contributed by atoms with van der Waals surface area (Å²) in [6.07, 6.45) is -0.750. The van der Waals surface area contributed by atoms with E-state index >= 15 is 0 Å². The monoisotopic (exact) mass is 1400 g/mol. The quantitative estimate of drug-likeness (QED) is 0.101. The van der Waals surface area contributed by atoms with Crippen molar-refractivity contribution >= 4 is 34.1 Å². The SMILES string of the molecule is [2H]C(C)(C)c1ccc(-c2ccccc2)cc1N(c1cc2c(cc1C([2H])(C)C)-c1ccccc1C2(C)C)C(C)(C)C.[2H]C(C)c1ccc(-c2ccccc2)cc1N(c1cc2c(cc1C([2H])C)-c1ccccc1C2(C)C)C(C)C.[2H]C([2H])([2H])c1cc2c(cc1N(c1cc(-c3ccccc3)ccc1C)C(C)C)C(C)(C)c1ccccc1-2. The lowest BCUT2D eigenvalue weighted by Gasteiger charge is -2.42. The Labute approximate surface area is 646 Å². The standard InChI is InChI=1S/C37H43N.C34H37N.C32H33N/c1-24(2)28-20-19-27(26-15-11-10-12-16-26)21-34(28)38(36(5,6)7)35-23-33-31(22-30(35)25(3)4)29-17-13-14-18-32(29)37(33,8)9;1-7-24-18-19-27(26-14-10-9-11-15-26)21-32(24)35(23(3)4)33-22-31-29(20-25(33)8-2)28-16-12-13-17-30(28)34(31,5)6;1-21(2)33(30-19-25(17-16-22(30)3)24-12-8-7-9-13-24)31-20-29-27(18-23(31)4)26-14-10-11-15-28(26)32(29,5)6/h10-25H,1-9H3;9-23H,7-8H2,1-6H3;7-21H,1-6H3/i24D,25D;7D,8D;4D3. The molecule has 2 atom stereocenters. The van der Waals surface area contributed by atoms with Crippen LogP contribution in [0.1, 0.15) is 220 Å². The van der Waals surface area contributed by atoms with Crippen molar-refractivity contribution in [1.82, 2.24) is 0 Å². The van der Waals surface area contributed by atoms with E-state index in [0.29, 0.717) is 5.56 Å². The zero-order valence-electron chi connectivity index (χ0n) is 73.4. The topological polar surface area (TPSA) is 9.72 Å². The first-order valence-electron chi connectivity index (χ1n) is 41.9. The van der Waals surface area contributed by atoms with E-state index in [4.69, 9.17) is 8.22 Å². The molecular formula is C103H113N3. The Morgan fingerprint density at radius 2 is 0.679 bits per heavy atom. The third-order valence-electron chi connectivity index (χ3n) is 22.6. The highest BCUT2D eigenvalue weighted by Gasteiger charge is 2.41. The van der Waals surface area contributed by atoms with Gasteiger partial charge < -0.3 is 14.7 Å². The summed E-state index contributed by atoms with van der Waals surface area (Å²) in [6.45, 7) is 40.7. The maximum Gasteiger partial charge on any atom is 0.0457 e. The van der Waals surface area contributed by atoms with Gasteiger partial charge in [-0.3, -0.25) is 0 Å². The van der Waals surface area contributed by atoms with Crippen LogP contribution in [-0.2, 0) is 29.0 Å². The molecule has 0 spiro atoms. The minimum atomic E-state index is -2.25. The van der Waals surface area contributed by atoms with Crippen LogP contribution in [0.15, 0.2) is 255 Å². The lowest BCUT2D eigenvalue weighted by atomic mass is 9.81. The van der Waals surface area contributed by atoms with Gasteiger partial charge in [0, 0.05) is 77.6 Å². The first kappa shape index (κ1) is 65.5. The molecule has 0 amide bonds. The molecule has 0 bridgehead atoms. The van der Waals surface area contributed by atoms with Gasteiger partial charge in [0.25, 0.3) is 0 Å². The van der Waals surface area contributed by atoms with E-state index in [9.17, 15) is 1.37 Å². The molecule has 0 aromatic heterocycles. The van der Waals surface area contributed by atoms with Crippen LogP contribution < -0.4 is 14.7 Å². The number of rotatable bonds is 15. The molecule has 106 heavy (non-hydrogen) atoms. The summed E-state index contributed by atoms with van der Waals surface area (Å²) < 4.78 is 61.5. The minimum Gasteiger partial charge on any atom is -0.338 e. The maximum atomic E-state index is 9.31. The molecule has 0 saturated carbocycles. The predicted molar refractivity (Wildman–Crippen MR) is 461 cm³/mol. The number of aryl methyl sites for hydroxylation is 4. The molecule has 12 aromatic carbocycles. The summed E-state index contributed by atoms with van der Waals surface area (Å²) in [5, 5.41) is 0. The van der Waals surface area contributed by atoms with Crippen LogP contribution >= 0.6 is 0 Å². The van der Waals surface area contributed by atoms with Crippen molar-refractivity contribution in [3.05, 3.63) is 322 Å². The molecule has 0 fully saturated rings. The van der Waals surface area contributed by atoms with Gasteiger partial charge >= 0.3 is 0 Å². The molecule has 0 heterocycles. The minimum absolute atomic E-state index is 0.0563. The molecule has 12 aromatic rings. The Morgan fingerprint density at radius 1 is 0.330 bits per heavy atom. The van der Waals surface area contributed by atoms with Gasteiger partial charge in [0.15, 0.2) is 0 Å². The maximum absolute atomic E-state index is 9.31. The predicted octanol–water partition coefficient (Wildman–Crippen LogP) is 29.0. The van der Waals surface area contributed by atoms with Gasteiger partial charge in [-0.05, 0) is 275 Å².